The van der Waals surface area contributed by atoms with Crippen LogP contribution in [0.1, 0.15) is 0 Å². The summed E-state index contributed by atoms with van der Waals surface area (Å²) in [5.41, 5.74) is 3.55. The average molecular weight is 276 g/mol. The molecule has 3 aromatic rings. The molecule has 102 valence electrons. The molecule has 21 heavy (non-hydrogen) atoms. The predicted molar refractivity (Wildman–Crippen MR) is 82.7 cm³/mol. The summed E-state index contributed by atoms with van der Waals surface area (Å²) in [5, 5.41) is 19.0. The molecule has 0 atom stereocenters. The van der Waals surface area contributed by atoms with Gasteiger partial charge in [-0.1, -0.05) is 36.4 Å². The second-order valence-electron chi connectivity index (χ2n) is 4.57. The SMILES string of the molecule is OB(O)c1ncccc1-c1ccccc1-c1ccccn1. The summed E-state index contributed by atoms with van der Waals surface area (Å²) in [7, 11) is -1.61. The van der Waals surface area contributed by atoms with Crippen molar-refractivity contribution in [2.75, 3.05) is 0 Å². The van der Waals surface area contributed by atoms with Crippen LogP contribution in [0, 0.1) is 0 Å². The maximum atomic E-state index is 9.50. The van der Waals surface area contributed by atoms with E-state index in [9.17, 15) is 10.0 Å². The van der Waals surface area contributed by atoms with Gasteiger partial charge in [0.1, 0.15) is 0 Å². The second kappa shape index (κ2) is 5.87. The lowest BCUT2D eigenvalue weighted by atomic mass is 9.79. The molecule has 0 spiro atoms. The van der Waals surface area contributed by atoms with Crippen LogP contribution in [0.4, 0.5) is 0 Å². The largest absolute Gasteiger partial charge is 0.508 e. The van der Waals surface area contributed by atoms with Crippen LogP contribution < -0.4 is 5.59 Å². The fourth-order valence-electron chi connectivity index (χ4n) is 2.31. The molecule has 0 fully saturated rings. The summed E-state index contributed by atoms with van der Waals surface area (Å²) in [5.74, 6) is 0. The molecule has 5 heteroatoms. The molecule has 0 amide bonds. The Morgan fingerprint density at radius 2 is 1.33 bits per heavy atom. The van der Waals surface area contributed by atoms with E-state index in [-0.39, 0.29) is 5.59 Å². The first kappa shape index (κ1) is 13.5. The second-order valence-corrected chi connectivity index (χ2v) is 4.57. The van der Waals surface area contributed by atoms with Crippen LogP contribution in [-0.4, -0.2) is 27.1 Å². The van der Waals surface area contributed by atoms with Crippen molar-refractivity contribution in [2.24, 2.45) is 0 Å². The van der Waals surface area contributed by atoms with Crippen molar-refractivity contribution in [3.8, 4) is 22.4 Å². The Morgan fingerprint density at radius 1 is 0.667 bits per heavy atom. The number of hydrogen-bond donors (Lipinski definition) is 2. The fourth-order valence-corrected chi connectivity index (χ4v) is 2.31. The number of benzene rings is 1. The maximum Gasteiger partial charge on any atom is 0.508 e. The van der Waals surface area contributed by atoms with E-state index < -0.39 is 7.12 Å². The summed E-state index contributed by atoms with van der Waals surface area (Å²) >= 11 is 0. The summed E-state index contributed by atoms with van der Waals surface area (Å²) in [4.78, 5) is 8.43. The van der Waals surface area contributed by atoms with Gasteiger partial charge in [-0.15, -0.1) is 0 Å². The highest BCUT2D eigenvalue weighted by Crippen LogP contribution is 2.29. The van der Waals surface area contributed by atoms with Gasteiger partial charge in [-0.25, -0.2) is 0 Å². The van der Waals surface area contributed by atoms with Crippen molar-refractivity contribution < 1.29 is 10.0 Å². The van der Waals surface area contributed by atoms with Crippen LogP contribution in [0.15, 0.2) is 67.0 Å². The van der Waals surface area contributed by atoms with Crippen molar-refractivity contribution in [3.05, 3.63) is 67.0 Å². The molecule has 0 aliphatic rings. The van der Waals surface area contributed by atoms with Gasteiger partial charge in [-0.3, -0.25) is 9.97 Å². The number of nitrogens with zero attached hydrogens (tertiary/aromatic N) is 2. The number of hydrogen-bond acceptors (Lipinski definition) is 4. The molecular weight excluding hydrogens is 263 g/mol. The highest BCUT2D eigenvalue weighted by molar-refractivity contribution is 6.59. The minimum absolute atomic E-state index is 0.237. The molecule has 0 saturated heterocycles. The zero-order chi connectivity index (χ0) is 14.7. The van der Waals surface area contributed by atoms with E-state index in [0.29, 0.717) is 5.56 Å². The molecule has 3 rings (SSSR count). The smallest absolute Gasteiger partial charge is 0.422 e. The Kier molecular flexibility index (Phi) is 3.77. The van der Waals surface area contributed by atoms with E-state index >= 15 is 0 Å². The lowest BCUT2D eigenvalue weighted by Gasteiger charge is -2.12. The standard InChI is InChI=1S/C16H13BN2O2/c20-17(21)16-14(8-5-11-19-16)12-6-1-2-7-13(12)15-9-3-4-10-18-15/h1-11,20-21H. The van der Waals surface area contributed by atoms with Crippen LogP contribution in [0.5, 0.6) is 0 Å². The number of aromatic nitrogens is 2. The zero-order valence-corrected chi connectivity index (χ0v) is 11.2. The van der Waals surface area contributed by atoms with E-state index in [1.165, 1.54) is 0 Å². The van der Waals surface area contributed by atoms with Gasteiger partial charge in [0, 0.05) is 23.5 Å². The van der Waals surface area contributed by atoms with E-state index in [4.69, 9.17) is 0 Å². The van der Waals surface area contributed by atoms with Gasteiger partial charge in [0.2, 0.25) is 0 Å². The Morgan fingerprint density at radius 3 is 2.05 bits per heavy atom. The third kappa shape index (κ3) is 2.70. The zero-order valence-electron chi connectivity index (χ0n) is 11.2. The summed E-state index contributed by atoms with van der Waals surface area (Å²) in [6.07, 6.45) is 3.28. The van der Waals surface area contributed by atoms with Crippen molar-refractivity contribution in [1.82, 2.24) is 9.97 Å². The normalized spacial score (nSPS) is 10.4. The molecule has 2 heterocycles. The summed E-state index contributed by atoms with van der Waals surface area (Å²) < 4.78 is 0. The van der Waals surface area contributed by atoms with Crippen LogP contribution in [-0.2, 0) is 0 Å². The Balaban J connectivity index is 2.21. The highest BCUT2D eigenvalue weighted by atomic mass is 16.4. The van der Waals surface area contributed by atoms with E-state index in [1.54, 1.807) is 18.5 Å². The highest BCUT2D eigenvalue weighted by Gasteiger charge is 2.20. The quantitative estimate of drug-likeness (QED) is 0.711. The maximum absolute atomic E-state index is 9.50. The monoisotopic (exact) mass is 276 g/mol. The predicted octanol–water partition coefficient (Wildman–Crippen LogP) is 1.49. The van der Waals surface area contributed by atoms with Crippen LogP contribution in [0.3, 0.4) is 0 Å². The Labute approximate surface area is 122 Å². The van der Waals surface area contributed by atoms with E-state index in [0.717, 1.165) is 16.8 Å². The molecule has 2 aromatic heterocycles. The average Bonchev–Trinajstić information content (AvgIpc) is 2.55. The minimum Gasteiger partial charge on any atom is -0.422 e. The molecule has 4 nitrogen and oxygen atoms in total. The molecule has 0 saturated carbocycles. The Hall–Kier alpha value is -2.50. The van der Waals surface area contributed by atoms with Crippen molar-refractivity contribution in [2.45, 2.75) is 0 Å². The van der Waals surface area contributed by atoms with Crippen molar-refractivity contribution >= 4 is 12.7 Å². The van der Waals surface area contributed by atoms with Crippen LogP contribution >= 0.6 is 0 Å². The lowest BCUT2D eigenvalue weighted by Crippen LogP contribution is -2.34. The van der Waals surface area contributed by atoms with Gasteiger partial charge in [0.25, 0.3) is 0 Å². The summed E-state index contributed by atoms with van der Waals surface area (Å²) in [6, 6.07) is 17.0. The van der Waals surface area contributed by atoms with Gasteiger partial charge in [-0.05, 0) is 23.8 Å². The topological polar surface area (TPSA) is 66.2 Å². The Bertz CT molecular complexity index is 748. The molecule has 0 radical (unpaired) electrons. The van der Waals surface area contributed by atoms with Gasteiger partial charge < -0.3 is 10.0 Å². The molecule has 0 bridgehead atoms. The number of rotatable bonds is 3. The third-order valence-electron chi connectivity index (χ3n) is 3.24. The lowest BCUT2D eigenvalue weighted by molar-refractivity contribution is 0.424. The first-order chi connectivity index (χ1) is 10.3. The van der Waals surface area contributed by atoms with E-state index in [1.807, 2.05) is 48.5 Å². The van der Waals surface area contributed by atoms with Gasteiger partial charge in [0.05, 0.1) is 11.3 Å². The molecule has 0 unspecified atom stereocenters. The summed E-state index contributed by atoms with van der Waals surface area (Å²) in [6.45, 7) is 0. The third-order valence-corrected chi connectivity index (χ3v) is 3.24. The van der Waals surface area contributed by atoms with Gasteiger partial charge >= 0.3 is 7.12 Å². The minimum atomic E-state index is -1.61. The van der Waals surface area contributed by atoms with Gasteiger partial charge in [-0.2, -0.15) is 0 Å². The fraction of sp³-hybridized carbons (Fsp3) is 0. The first-order valence-corrected chi connectivity index (χ1v) is 6.59. The van der Waals surface area contributed by atoms with Crippen molar-refractivity contribution in [1.29, 1.82) is 0 Å². The van der Waals surface area contributed by atoms with Crippen LogP contribution in [0.25, 0.3) is 22.4 Å². The van der Waals surface area contributed by atoms with Crippen molar-refractivity contribution in [3.63, 3.8) is 0 Å². The molecular formula is C16H13BN2O2. The molecule has 0 aliphatic carbocycles. The van der Waals surface area contributed by atoms with Gasteiger partial charge in [0.15, 0.2) is 0 Å². The number of pyridine rings is 2. The first-order valence-electron chi connectivity index (χ1n) is 6.59. The molecule has 1 aromatic carbocycles. The molecule has 0 aliphatic heterocycles. The van der Waals surface area contributed by atoms with Crippen LogP contribution in [0.2, 0.25) is 0 Å². The molecule has 2 N–H and O–H groups in total. The van der Waals surface area contributed by atoms with E-state index in [2.05, 4.69) is 9.97 Å².